The first-order valence-electron chi connectivity index (χ1n) is 7.29. The van der Waals surface area contributed by atoms with Crippen molar-refractivity contribution in [2.45, 2.75) is 33.6 Å². The number of rotatable bonds is 6. The fraction of sp³-hybridized carbons (Fsp3) is 0.625. The fourth-order valence-corrected chi connectivity index (χ4v) is 2.47. The van der Waals surface area contributed by atoms with Gasteiger partial charge in [-0.05, 0) is 42.9 Å². The zero-order chi connectivity index (χ0) is 13.8. The number of anilines is 2. The van der Waals surface area contributed by atoms with Crippen molar-refractivity contribution in [2.75, 3.05) is 36.9 Å². The van der Waals surface area contributed by atoms with Crippen LogP contribution in [0.5, 0.6) is 0 Å². The van der Waals surface area contributed by atoms with Crippen LogP contribution in [0.3, 0.4) is 0 Å². The molecule has 2 N–H and O–H groups in total. The van der Waals surface area contributed by atoms with Crippen LogP contribution in [0.15, 0.2) is 12.1 Å². The number of benzene rings is 1. The van der Waals surface area contributed by atoms with Crippen molar-refractivity contribution in [3.8, 4) is 0 Å². The zero-order valence-corrected chi connectivity index (χ0v) is 12.4. The van der Waals surface area contributed by atoms with E-state index in [-0.39, 0.29) is 0 Å². The predicted octanol–water partition coefficient (Wildman–Crippen LogP) is 3.00. The molecule has 0 spiro atoms. The quantitative estimate of drug-likeness (QED) is 0.632. The summed E-state index contributed by atoms with van der Waals surface area (Å²) in [6.45, 7) is 10.3. The maximum absolute atomic E-state index is 6.01. The smallest absolute Gasteiger partial charge is 0.0641 e. The van der Waals surface area contributed by atoms with E-state index < -0.39 is 0 Å². The lowest BCUT2D eigenvalue weighted by atomic mass is 10.1. The Morgan fingerprint density at radius 1 is 1.32 bits per heavy atom. The van der Waals surface area contributed by atoms with Gasteiger partial charge in [0.2, 0.25) is 0 Å². The Bertz CT molecular complexity index is 429. The van der Waals surface area contributed by atoms with E-state index in [1.54, 1.807) is 0 Å². The van der Waals surface area contributed by atoms with Crippen molar-refractivity contribution in [3.63, 3.8) is 0 Å². The molecule has 0 saturated heterocycles. The number of aryl methyl sites for hydroxylation is 1. The van der Waals surface area contributed by atoms with Crippen LogP contribution < -0.4 is 10.6 Å². The van der Waals surface area contributed by atoms with Gasteiger partial charge in [0.1, 0.15) is 0 Å². The molecule has 0 amide bonds. The SMILES string of the molecule is Cc1cc2c(cc1N)N(CCOCCC(C)C)CC2. The lowest BCUT2D eigenvalue weighted by Crippen LogP contribution is -2.25. The van der Waals surface area contributed by atoms with E-state index in [1.165, 1.54) is 16.8 Å². The molecule has 0 unspecified atom stereocenters. The van der Waals surface area contributed by atoms with Gasteiger partial charge in [0.15, 0.2) is 0 Å². The first-order chi connectivity index (χ1) is 9.08. The van der Waals surface area contributed by atoms with Crippen LogP contribution in [-0.4, -0.2) is 26.3 Å². The van der Waals surface area contributed by atoms with Gasteiger partial charge in [-0.2, -0.15) is 0 Å². The largest absolute Gasteiger partial charge is 0.398 e. The Morgan fingerprint density at radius 3 is 2.84 bits per heavy atom. The summed E-state index contributed by atoms with van der Waals surface area (Å²) in [4.78, 5) is 2.39. The second kappa shape index (κ2) is 6.29. The molecule has 1 aliphatic rings. The van der Waals surface area contributed by atoms with E-state index in [0.717, 1.165) is 50.8 Å². The summed E-state index contributed by atoms with van der Waals surface area (Å²) in [5, 5.41) is 0. The van der Waals surface area contributed by atoms with Crippen LogP contribution >= 0.6 is 0 Å². The topological polar surface area (TPSA) is 38.5 Å². The molecule has 1 heterocycles. The van der Waals surface area contributed by atoms with E-state index in [9.17, 15) is 0 Å². The Labute approximate surface area is 116 Å². The van der Waals surface area contributed by atoms with Gasteiger partial charge in [-0.15, -0.1) is 0 Å². The molecular weight excluding hydrogens is 236 g/mol. The predicted molar refractivity (Wildman–Crippen MR) is 81.8 cm³/mol. The number of nitrogen functional groups attached to an aromatic ring is 1. The van der Waals surface area contributed by atoms with Gasteiger partial charge in [-0.25, -0.2) is 0 Å². The molecule has 0 aliphatic carbocycles. The summed E-state index contributed by atoms with van der Waals surface area (Å²) in [5.41, 5.74) is 10.8. The molecule has 0 aromatic heterocycles. The van der Waals surface area contributed by atoms with Crippen LogP contribution in [0.25, 0.3) is 0 Å². The highest BCUT2D eigenvalue weighted by Crippen LogP contribution is 2.31. The maximum Gasteiger partial charge on any atom is 0.0641 e. The minimum atomic E-state index is 0.718. The summed E-state index contributed by atoms with van der Waals surface area (Å²) in [5.74, 6) is 0.718. The minimum Gasteiger partial charge on any atom is -0.398 e. The second-order valence-corrected chi connectivity index (χ2v) is 5.87. The van der Waals surface area contributed by atoms with Crippen molar-refractivity contribution in [2.24, 2.45) is 5.92 Å². The number of fused-ring (bicyclic) bond motifs is 1. The highest BCUT2D eigenvalue weighted by Gasteiger charge is 2.19. The molecule has 19 heavy (non-hydrogen) atoms. The van der Waals surface area contributed by atoms with Crippen LogP contribution in [0, 0.1) is 12.8 Å². The molecule has 3 heteroatoms. The summed E-state index contributed by atoms with van der Waals surface area (Å²) in [6.07, 6.45) is 2.27. The van der Waals surface area contributed by atoms with E-state index in [4.69, 9.17) is 10.5 Å². The summed E-state index contributed by atoms with van der Waals surface area (Å²) >= 11 is 0. The molecule has 1 aromatic carbocycles. The van der Waals surface area contributed by atoms with Crippen molar-refractivity contribution in [1.82, 2.24) is 0 Å². The van der Waals surface area contributed by atoms with Crippen molar-refractivity contribution in [1.29, 1.82) is 0 Å². The first kappa shape index (κ1) is 14.2. The lowest BCUT2D eigenvalue weighted by Gasteiger charge is -2.20. The van der Waals surface area contributed by atoms with Crippen LogP contribution in [-0.2, 0) is 11.2 Å². The molecule has 0 fully saturated rings. The molecule has 0 saturated carbocycles. The third-order valence-corrected chi connectivity index (χ3v) is 3.80. The number of ether oxygens (including phenoxy) is 1. The highest BCUT2D eigenvalue weighted by molar-refractivity contribution is 5.67. The Balaban J connectivity index is 1.83. The Morgan fingerprint density at radius 2 is 2.11 bits per heavy atom. The molecular formula is C16H26N2O. The van der Waals surface area contributed by atoms with Gasteiger partial charge in [0, 0.05) is 31.1 Å². The van der Waals surface area contributed by atoms with Crippen molar-refractivity contribution >= 4 is 11.4 Å². The number of hydrogen-bond acceptors (Lipinski definition) is 3. The fourth-order valence-electron chi connectivity index (χ4n) is 2.47. The average molecular weight is 262 g/mol. The van der Waals surface area contributed by atoms with Gasteiger partial charge in [0.25, 0.3) is 0 Å². The van der Waals surface area contributed by atoms with Crippen LogP contribution in [0.2, 0.25) is 0 Å². The maximum atomic E-state index is 6.01. The molecule has 1 aromatic rings. The lowest BCUT2D eigenvalue weighted by molar-refractivity contribution is 0.129. The molecule has 1 aliphatic heterocycles. The van der Waals surface area contributed by atoms with Crippen molar-refractivity contribution in [3.05, 3.63) is 23.3 Å². The van der Waals surface area contributed by atoms with Gasteiger partial charge in [-0.1, -0.05) is 19.9 Å². The van der Waals surface area contributed by atoms with Crippen LogP contribution in [0.1, 0.15) is 31.4 Å². The molecule has 106 valence electrons. The summed E-state index contributed by atoms with van der Waals surface area (Å²) < 4.78 is 5.70. The van der Waals surface area contributed by atoms with Crippen LogP contribution in [0.4, 0.5) is 11.4 Å². The number of nitrogens with two attached hydrogens (primary N) is 1. The first-order valence-corrected chi connectivity index (χ1v) is 7.29. The third kappa shape index (κ3) is 3.63. The monoisotopic (exact) mass is 262 g/mol. The Kier molecular flexibility index (Phi) is 4.70. The van der Waals surface area contributed by atoms with Gasteiger partial charge < -0.3 is 15.4 Å². The van der Waals surface area contributed by atoms with Gasteiger partial charge in [-0.3, -0.25) is 0 Å². The normalized spacial score (nSPS) is 14.2. The average Bonchev–Trinajstić information content (AvgIpc) is 2.72. The standard InChI is InChI=1S/C16H26N2O/c1-12(2)5-8-19-9-7-18-6-4-14-10-13(3)15(17)11-16(14)18/h10-12H,4-9,17H2,1-3H3. The number of nitrogens with zero attached hydrogens (tertiary/aromatic N) is 1. The van der Waals surface area contributed by atoms with Gasteiger partial charge in [0.05, 0.1) is 6.61 Å². The molecule has 2 rings (SSSR count). The molecule has 0 bridgehead atoms. The second-order valence-electron chi connectivity index (χ2n) is 5.87. The van der Waals surface area contributed by atoms with E-state index >= 15 is 0 Å². The molecule has 3 nitrogen and oxygen atoms in total. The van der Waals surface area contributed by atoms with E-state index in [1.807, 2.05) is 0 Å². The summed E-state index contributed by atoms with van der Waals surface area (Å²) in [6, 6.07) is 4.34. The molecule has 0 atom stereocenters. The zero-order valence-electron chi connectivity index (χ0n) is 12.4. The summed E-state index contributed by atoms with van der Waals surface area (Å²) in [7, 11) is 0. The third-order valence-electron chi connectivity index (χ3n) is 3.80. The number of hydrogen-bond donors (Lipinski definition) is 1. The minimum absolute atomic E-state index is 0.718. The molecule has 0 radical (unpaired) electrons. The van der Waals surface area contributed by atoms with Crippen molar-refractivity contribution < 1.29 is 4.74 Å². The highest BCUT2D eigenvalue weighted by atomic mass is 16.5. The van der Waals surface area contributed by atoms with Gasteiger partial charge >= 0.3 is 0 Å². The van der Waals surface area contributed by atoms with E-state index in [2.05, 4.69) is 37.8 Å². The van der Waals surface area contributed by atoms with E-state index in [0.29, 0.717) is 0 Å². The Hall–Kier alpha value is -1.22.